The van der Waals surface area contributed by atoms with Crippen LogP contribution in [0.15, 0.2) is 0 Å². The molecule has 0 aromatic carbocycles. The van der Waals surface area contributed by atoms with Crippen LogP contribution in [0.3, 0.4) is 0 Å². The monoisotopic (exact) mass is 86.1 g/mol. The average molecular weight is 86.1 g/mol. The van der Waals surface area contributed by atoms with Crippen LogP contribution in [-0.2, 0) is 4.79 Å². The Morgan fingerprint density at radius 1 is 1.67 bits per heavy atom. The summed E-state index contributed by atoms with van der Waals surface area (Å²) in [4.78, 5) is 9.62. The first-order valence-electron chi connectivity index (χ1n) is 2.21. The van der Waals surface area contributed by atoms with Crippen molar-refractivity contribution in [3.8, 4) is 0 Å². The first kappa shape index (κ1) is 5.67. The van der Waals surface area contributed by atoms with E-state index in [4.69, 9.17) is 0 Å². The van der Waals surface area contributed by atoms with Crippen LogP contribution in [0.25, 0.3) is 0 Å². The lowest BCUT2D eigenvalue weighted by molar-refractivity contribution is -0.108. The fraction of sp³-hybridized carbons (Fsp3) is 0.800. The molecule has 0 heterocycles. The van der Waals surface area contributed by atoms with Crippen molar-refractivity contribution in [1.29, 1.82) is 0 Å². The Morgan fingerprint density at radius 3 is 2.17 bits per heavy atom. The standard InChI is InChI=1S/C5H10O/c1-5(2)3-4-6/h4-5H,3H2,1-2H3/i6+0. The fourth-order valence-electron chi connectivity index (χ4n) is 0.192. The minimum Gasteiger partial charge on any atom is -0.303 e. The average Bonchev–Trinajstić information content (AvgIpc) is 1.35. The van der Waals surface area contributed by atoms with Crippen molar-refractivity contribution in [3.63, 3.8) is 0 Å². The smallest absolute Gasteiger partial charge is 0.120 e. The molecule has 6 heavy (non-hydrogen) atoms. The summed E-state index contributed by atoms with van der Waals surface area (Å²) in [5.74, 6) is 0.530. The summed E-state index contributed by atoms with van der Waals surface area (Å²) in [6, 6.07) is 0. The molecule has 0 aromatic rings. The molecule has 1 heteroatoms. The molecule has 0 amide bonds. The second-order valence-corrected chi connectivity index (χ2v) is 1.80. The van der Waals surface area contributed by atoms with E-state index in [1.165, 1.54) is 0 Å². The number of hydrogen-bond acceptors (Lipinski definition) is 1. The summed E-state index contributed by atoms with van der Waals surface area (Å²) in [6.45, 7) is 4.04. The molecule has 0 aromatic heterocycles. The lowest BCUT2D eigenvalue weighted by atomic mass is 10.2. The van der Waals surface area contributed by atoms with E-state index in [1.54, 1.807) is 0 Å². The number of rotatable bonds is 2. The van der Waals surface area contributed by atoms with Crippen molar-refractivity contribution in [1.82, 2.24) is 0 Å². The molecule has 1 nitrogen and oxygen atoms in total. The van der Waals surface area contributed by atoms with Crippen molar-refractivity contribution in [2.75, 3.05) is 0 Å². The van der Waals surface area contributed by atoms with Crippen LogP contribution in [0.2, 0.25) is 0 Å². The van der Waals surface area contributed by atoms with Crippen LogP contribution < -0.4 is 0 Å². The highest BCUT2D eigenvalue weighted by atomic mass is 16.1. The van der Waals surface area contributed by atoms with Crippen LogP contribution >= 0.6 is 0 Å². The van der Waals surface area contributed by atoms with Gasteiger partial charge in [-0.15, -0.1) is 0 Å². The zero-order valence-electron chi connectivity index (χ0n) is 4.27. The minimum atomic E-state index is 0.530. The van der Waals surface area contributed by atoms with Crippen LogP contribution in [0.1, 0.15) is 20.3 Å². The molecule has 0 radical (unpaired) electrons. The first-order valence-corrected chi connectivity index (χ1v) is 2.21. The van der Waals surface area contributed by atoms with E-state index in [0.717, 1.165) is 6.29 Å². The van der Waals surface area contributed by atoms with Gasteiger partial charge in [0.2, 0.25) is 0 Å². The zero-order chi connectivity index (χ0) is 4.99. The molecule has 0 rings (SSSR count). The molecular weight excluding hydrogens is 76.0 g/mol. The maximum atomic E-state index is 9.62. The highest BCUT2D eigenvalue weighted by molar-refractivity contribution is 5.49. The van der Waals surface area contributed by atoms with E-state index >= 15 is 0 Å². The molecule has 0 atom stereocenters. The van der Waals surface area contributed by atoms with E-state index in [-0.39, 0.29) is 0 Å². The van der Waals surface area contributed by atoms with Gasteiger partial charge in [-0.1, -0.05) is 13.8 Å². The molecule has 0 aliphatic heterocycles. The quantitative estimate of drug-likeness (QED) is 0.462. The van der Waals surface area contributed by atoms with Gasteiger partial charge in [-0.05, 0) is 5.92 Å². The third-order valence-corrected chi connectivity index (χ3v) is 0.568. The Bertz CT molecular complexity index is 39.2. The number of aldehydes is 1. The predicted octanol–water partition coefficient (Wildman–Crippen LogP) is 1.23. The van der Waals surface area contributed by atoms with Gasteiger partial charge in [0.25, 0.3) is 0 Å². The first-order chi connectivity index (χ1) is 2.77. The minimum absolute atomic E-state index is 0.530. The van der Waals surface area contributed by atoms with Crippen LogP contribution in [0.4, 0.5) is 0 Å². The van der Waals surface area contributed by atoms with E-state index in [9.17, 15) is 4.79 Å². The van der Waals surface area contributed by atoms with Crippen molar-refractivity contribution in [2.24, 2.45) is 5.92 Å². The van der Waals surface area contributed by atoms with Crippen LogP contribution in [0.5, 0.6) is 0 Å². The van der Waals surface area contributed by atoms with Gasteiger partial charge >= 0.3 is 0 Å². The molecule has 0 saturated carbocycles. The highest BCUT2D eigenvalue weighted by Crippen LogP contribution is 1.92. The van der Waals surface area contributed by atoms with Crippen LogP contribution in [0, 0.1) is 5.92 Å². The predicted molar refractivity (Wildman–Crippen MR) is 25.5 cm³/mol. The summed E-state index contributed by atoms with van der Waals surface area (Å²) in [7, 11) is 0. The molecule has 0 aliphatic carbocycles. The molecule has 0 unspecified atom stereocenters. The van der Waals surface area contributed by atoms with E-state index in [2.05, 4.69) is 0 Å². The lowest BCUT2D eigenvalue weighted by Gasteiger charge is -1.89. The van der Waals surface area contributed by atoms with Gasteiger partial charge in [0.05, 0.1) is 0 Å². The number of hydrogen-bond donors (Lipinski definition) is 0. The summed E-state index contributed by atoms with van der Waals surface area (Å²) >= 11 is 0. The molecule has 0 saturated heterocycles. The molecule has 0 N–H and O–H groups in total. The van der Waals surface area contributed by atoms with Crippen LogP contribution in [-0.4, -0.2) is 6.29 Å². The topological polar surface area (TPSA) is 17.1 Å². The second-order valence-electron chi connectivity index (χ2n) is 1.80. The molecular formula is C5H10O. The molecule has 0 spiro atoms. The van der Waals surface area contributed by atoms with Gasteiger partial charge in [-0.2, -0.15) is 0 Å². The Labute approximate surface area is 38.4 Å². The van der Waals surface area contributed by atoms with E-state index in [1.807, 2.05) is 13.8 Å². The molecule has 0 fully saturated rings. The van der Waals surface area contributed by atoms with Gasteiger partial charge < -0.3 is 4.79 Å². The Balaban J connectivity index is 2.81. The SMILES string of the molecule is CC(C)CC=[16O]. The highest BCUT2D eigenvalue weighted by Gasteiger charge is 1.85. The number of carbonyl (C=O) groups excluding carboxylic acids is 1. The molecule has 36 valence electrons. The lowest BCUT2D eigenvalue weighted by Crippen LogP contribution is -1.84. The van der Waals surface area contributed by atoms with Crippen molar-refractivity contribution in [3.05, 3.63) is 0 Å². The maximum Gasteiger partial charge on any atom is 0.120 e. The Morgan fingerprint density at radius 2 is 2.17 bits per heavy atom. The maximum absolute atomic E-state index is 9.62. The third kappa shape index (κ3) is 3.67. The molecule has 0 bridgehead atoms. The largest absolute Gasteiger partial charge is 0.303 e. The van der Waals surface area contributed by atoms with E-state index in [0.29, 0.717) is 12.3 Å². The fourth-order valence-corrected chi connectivity index (χ4v) is 0.192. The Hall–Kier alpha value is -0.330. The third-order valence-electron chi connectivity index (χ3n) is 0.568. The van der Waals surface area contributed by atoms with Gasteiger partial charge in [-0.3, -0.25) is 0 Å². The van der Waals surface area contributed by atoms with Crippen molar-refractivity contribution < 1.29 is 4.79 Å². The second kappa shape index (κ2) is 2.88. The summed E-state index contributed by atoms with van der Waals surface area (Å²) in [5.41, 5.74) is 0. The van der Waals surface area contributed by atoms with E-state index < -0.39 is 0 Å². The zero-order valence-corrected chi connectivity index (χ0v) is 4.27. The summed E-state index contributed by atoms with van der Waals surface area (Å²) in [5, 5.41) is 0. The van der Waals surface area contributed by atoms with Crippen molar-refractivity contribution >= 4 is 6.29 Å². The summed E-state index contributed by atoms with van der Waals surface area (Å²) < 4.78 is 0. The Kier molecular flexibility index (Phi) is 2.73. The van der Waals surface area contributed by atoms with Gasteiger partial charge in [0.15, 0.2) is 0 Å². The molecule has 0 aliphatic rings. The normalized spacial score (nSPS) is 9.17. The number of carbonyl (C=O) groups is 1. The van der Waals surface area contributed by atoms with Gasteiger partial charge in [0.1, 0.15) is 6.29 Å². The van der Waals surface area contributed by atoms with Crippen molar-refractivity contribution in [2.45, 2.75) is 20.3 Å². The van der Waals surface area contributed by atoms with Gasteiger partial charge in [0, 0.05) is 6.42 Å². The summed E-state index contributed by atoms with van der Waals surface area (Å²) in [6.07, 6.45) is 1.64. The van der Waals surface area contributed by atoms with Gasteiger partial charge in [-0.25, -0.2) is 0 Å².